The Morgan fingerprint density at radius 3 is 2.79 bits per heavy atom. The zero-order valence-electron chi connectivity index (χ0n) is 9.57. The molecule has 1 aromatic carbocycles. The van der Waals surface area contributed by atoms with Crippen molar-refractivity contribution in [2.75, 3.05) is 0 Å². The molecule has 0 amide bonds. The second-order valence-electron chi connectivity index (χ2n) is 3.66. The van der Waals surface area contributed by atoms with Crippen LogP contribution in [0.3, 0.4) is 0 Å². The third-order valence-electron chi connectivity index (χ3n) is 2.34. The lowest BCUT2D eigenvalue weighted by Gasteiger charge is -2.07. The Labute approximate surface area is 118 Å². The predicted octanol–water partition coefficient (Wildman–Crippen LogP) is 3.88. The molecule has 0 aliphatic carbocycles. The number of rotatable bonds is 3. The number of hydrogen-bond donors (Lipinski definition) is 0. The van der Waals surface area contributed by atoms with Gasteiger partial charge in [0.15, 0.2) is 0 Å². The third kappa shape index (κ3) is 3.43. The summed E-state index contributed by atoms with van der Waals surface area (Å²) >= 11 is 11.6. The molecule has 6 heteroatoms. The topological polar surface area (TPSA) is 39.2 Å². The van der Waals surface area contributed by atoms with E-state index in [0.29, 0.717) is 10.6 Å². The maximum Gasteiger partial charge on any atom is 0.341 e. The van der Waals surface area contributed by atoms with Crippen LogP contribution in [0.4, 0.5) is 4.39 Å². The molecule has 0 spiro atoms. The SMILES string of the molecule is O=C(OCc1ccccc1Cl)c1cc(F)cnc1Cl. The molecule has 2 aromatic rings. The number of ether oxygens (including phenoxy) is 1. The first-order valence-corrected chi connectivity index (χ1v) is 6.05. The third-order valence-corrected chi connectivity index (χ3v) is 3.01. The zero-order chi connectivity index (χ0) is 13.8. The van der Waals surface area contributed by atoms with E-state index in [2.05, 4.69) is 4.98 Å². The van der Waals surface area contributed by atoms with E-state index in [1.165, 1.54) is 0 Å². The van der Waals surface area contributed by atoms with Crippen LogP contribution in [0.25, 0.3) is 0 Å². The second kappa shape index (κ2) is 5.99. The van der Waals surface area contributed by atoms with Gasteiger partial charge in [0, 0.05) is 10.6 Å². The fourth-order valence-electron chi connectivity index (χ4n) is 1.40. The van der Waals surface area contributed by atoms with Crippen LogP contribution in [0.5, 0.6) is 0 Å². The van der Waals surface area contributed by atoms with Crippen LogP contribution < -0.4 is 0 Å². The van der Waals surface area contributed by atoms with Gasteiger partial charge in [0.05, 0.1) is 11.8 Å². The zero-order valence-corrected chi connectivity index (χ0v) is 11.1. The summed E-state index contributed by atoms with van der Waals surface area (Å²) in [5.74, 6) is -1.41. The minimum Gasteiger partial charge on any atom is -0.457 e. The Morgan fingerprint density at radius 2 is 2.05 bits per heavy atom. The van der Waals surface area contributed by atoms with Gasteiger partial charge in [0.25, 0.3) is 0 Å². The molecule has 0 N–H and O–H groups in total. The number of carbonyl (C=O) groups excluding carboxylic acids is 1. The molecule has 19 heavy (non-hydrogen) atoms. The number of hydrogen-bond acceptors (Lipinski definition) is 3. The molecule has 98 valence electrons. The summed E-state index contributed by atoms with van der Waals surface area (Å²) in [7, 11) is 0. The summed E-state index contributed by atoms with van der Waals surface area (Å²) in [6.45, 7) is -0.0225. The number of esters is 1. The highest BCUT2D eigenvalue weighted by Crippen LogP contribution is 2.18. The first-order chi connectivity index (χ1) is 9.08. The molecule has 1 aromatic heterocycles. The average molecular weight is 300 g/mol. The van der Waals surface area contributed by atoms with Crippen molar-refractivity contribution < 1.29 is 13.9 Å². The maximum absolute atomic E-state index is 13.0. The normalized spacial score (nSPS) is 10.3. The molecular formula is C13H8Cl2FNO2. The van der Waals surface area contributed by atoms with Crippen molar-refractivity contribution in [2.45, 2.75) is 6.61 Å². The lowest BCUT2D eigenvalue weighted by Crippen LogP contribution is -2.07. The number of aromatic nitrogens is 1. The second-order valence-corrected chi connectivity index (χ2v) is 4.42. The van der Waals surface area contributed by atoms with Crippen LogP contribution in [-0.2, 0) is 11.3 Å². The summed E-state index contributed by atoms with van der Waals surface area (Å²) in [4.78, 5) is 15.3. The summed E-state index contributed by atoms with van der Waals surface area (Å²) in [5, 5.41) is 0.379. The Hall–Kier alpha value is -1.65. The van der Waals surface area contributed by atoms with Gasteiger partial charge in [-0.3, -0.25) is 0 Å². The van der Waals surface area contributed by atoms with Gasteiger partial charge in [0.1, 0.15) is 17.6 Å². The molecule has 0 aliphatic heterocycles. The molecule has 2 rings (SSSR count). The van der Waals surface area contributed by atoms with Crippen molar-refractivity contribution in [3.63, 3.8) is 0 Å². The van der Waals surface area contributed by atoms with Crippen LogP contribution in [-0.4, -0.2) is 11.0 Å². The quantitative estimate of drug-likeness (QED) is 0.638. The van der Waals surface area contributed by atoms with Gasteiger partial charge in [-0.15, -0.1) is 0 Å². The fourth-order valence-corrected chi connectivity index (χ4v) is 1.77. The number of carbonyl (C=O) groups is 1. The van der Waals surface area contributed by atoms with Gasteiger partial charge in [-0.05, 0) is 12.1 Å². The molecule has 0 atom stereocenters. The fraction of sp³-hybridized carbons (Fsp3) is 0.0769. The van der Waals surface area contributed by atoms with Gasteiger partial charge in [-0.2, -0.15) is 0 Å². The molecule has 0 unspecified atom stereocenters. The molecule has 0 fully saturated rings. The van der Waals surface area contributed by atoms with Gasteiger partial charge >= 0.3 is 5.97 Å². The highest BCUT2D eigenvalue weighted by atomic mass is 35.5. The number of benzene rings is 1. The number of halogens is 3. The molecular weight excluding hydrogens is 292 g/mol. The van der Waals surface area contributed by atoms with Crippen LogP contribution in [0.2, 0.25) is 10.2 Å². The number of nitrogens with zero attached hydrogens (tertiary/aromatic N) is 1. The predicted molar refractivity (Wildman–Crippen MR) is 69.8 cm³/mol. The van der Waals surface area contributed by atoms with E-state index in [-0.39, 0.29) is 17.3 Å². The van der Waals surface area contributed by atoms with Crippen LogP contribution >= 0.6 is 23.2 Å². The van der Waals surface area contributed by atoms with E-state index in [9.17, 15) is 9.18 Å². The minimum absolute atomic E-state index is 0.0225. The Balaban J connectivity index is 2.10. The summed E-state index contributed by atoms with van der Waals surface area (Å²) in [5.41, 5.74) is 0.534. The standard InChI is InChI=1S/C13H8Cl2FNO2/c14-11-4-2-1-3-8(11)7-19-13(18)10-5-9(16)6-17-12(10)15/h1-6H,7H2. The van der Waals surface area contributed by atoms with Crippen LogP contribution in [0, 0.1) is 5.82 Å². The van der Waals surface area contributed by atoms with Gasteiger partial charge in [0.2, 0.25) is 0 Å². The van der Waals surface area contributed by atoms with Crippen molar-refractivity contribution in [3.8, 4) is 0 Å². The van der Waals surface area contributed by atoms with Crippen LogP contribution in [0.15, 0.2) is 36.5 Å². The van der Waals surface area contributed by atoms with Crippen LogP contribution in [0.1, 0.15) is 15.9 Å². The van der Waals surface area contributed by atoms with Crippen molar-refractivity contribution in [1.82, 2.24) is 4.98 Å². The Morgan fingerprint density at radius 1 is 1.32 bits per heavy atom. The lowest BCUT2D eigenvalue weighted by molar-refractivity contribution is 0.0472. The highest BCUT2D eigenvalue weighted by Gasteiger charge is 2.14. The largest absolute Gasteiger partial charge is 0.457 e. The lowest BCUT2D eigenvalue weighted by atomic mass is 10.2. The molecule has 0 saturated carbocycles. The van der Waals surface area contributed by atoms with E-state index in [1.807, 2.05) is 0 Å². The van der Waals surface area contributed by atoms with E-state index in [1.54, 1.807) is 24.3 Å². The molecule has 0 saturated heterocycles. The Bertz CT molecular complexity index is 619. The molecule has 3 nitrogen and oxygen atoms in total. The molecule has 1 heterocycles. The van der Waals surface area contributed by atoms with Crippen molar-refractivity contribution in [3.05, 3.63) is 63.6 Å². The van der Waals surface area contributed by atoms with Gasteiger partial charge in [-0.25, -0.2) is 14.2 Å². The summed E-state index contributed by atoms with van der Waals surface area (Å²) in [6.07, 6.45) is 0.924. The Kier molecular flexibility index (Phi) is 4.35. The smallest absolute Gasteiger partial charge is 0.341 e. The first-order valence-electron chi connectivity index (χ1n) is 5.29. The maximum atomic E-state index is 13.0. The molecule has 0 bridgehead atoms. The molecule has 0 aliphatic rings. The highest BCUT2D eigenvalue weighted by molar-refractivity contribution is 6.32. The van der Waals surface area contributed by atoms with Crippen molar-refractivity contribution in [2.24, 2.45) is 0 Å². The molecule has 0 radical (unpaired) electrons. The summed E-state index contributed by atoms with van der Waals surface area (Å²) in [6, 6.07) is 7.92. The van der Waals surface area contributed by atoms with Crippen molar-refractivity contribution >= 4 is 29.2 Å². The van der Waals surface area contributed by atoms with E-state index >= 15 is 0 Å². The van der Waals surface area contributed by atoms with E-state index in [0.717, 1.165) is 12.3 Å². The van der Waals surface area contributed by atoms with E-state index in [4.69, 9.17) is 27.9 Å². The first kappa shape index (κ1) is 13.8. The monoisotopic (exact) mass is 299 g/mol. The minimum atomic E-state index is -0.753. The van der Waals surface area contributed by atoms with Gasteiger partial charge < -0.3 is 4.74 Å². The van der Waals surface area contributed by atoms with Crippen molar-refractivity contribution in [1.29, 1.82) is 0 Å². The summed E-state index contributed by atoms with van der Waals surface area (Å²) < 4.78 is 18.0. The van der Waals surface area contributed by atoms with E-state index < -0.39 is 11.8 Å². The number of pyridine rings is 1. The average Bonchev–Trinajstić information content (AvgIpc) is 2.40. The van der Waals surface area contributed by atoms with Gasteiger partial charge in [-0.1, -0.05) is 41.4 Å².